The van der Waals surface area contributed by atoms with E-state index >= 15 is 0 Å². The lowest BCUT2D eigenvalue weighted by atomic mass is 9.91. The molecule has 112 valence electrons. The monoisotopic (exact) mass is 290 g/mol. The summed E-state index contributed by atoms with van der Waals surface area (Å²) in [6.07, 6.45) is 4.66. The molecule has 0 aliphatic heterocycles. The Bertz CT molecular complexity index is 702. The second-order valence-corrected chi connectivity index (χ2v) is 5.26. The number of aromatic nitrogens is 3. The van der Waals surface area contributed by atoms with Crippen molar-refractivity contribution in [2.45, 2.75) is 31.8 Å². The van der Waals surface area contributed by atoms with Gasteiger partial charge in [0.25, 0.3) is 0 Å². The van der Waals surface area contributed by atoms with Gasteiger partial charge in [0, 0.05) is 18.8 Å². The molecule has 7 nitrogen and oxygen atoms in total. The molecule has 21 heavy (non-hydrogen) atoms. The maximum Gasteiger partial charge on any atom is 0.350 e. The maximum absolute atomic E-state index is 12.4. The highest BCUT2D eigenvalue weighted by Gasteiger charge is 2.28. The van der Waals surface area contributed by atoms with E-state index in [1.807, 2.05) is 0 Å². The van der Waals surface area contributed by atoms with Gasteiger partial charge >= 0.3 is 5.69 Å². The van der Waals surface area contributed by atoms with Crippen molar-refractivity contribution in [1.82, 2.24) is 19.1 Å². The summed E-state index contributed by atoms with van der Waals surface area (Å²) in [5, 5.41) is 13.3. The summed E-state index contributed by atoms with van der Waals surface area (Å²) in [5.74, 6) is -0.167. The second kappa shape index (κ2) is 5.69. The first-order valence-electron chi connectivity index (χ1n) is 7.15. The van der Waals surface area contributed by atoms with Gasteiger partial charge in [-0.2, -0.15) is 0 Å². The molecule has 2 heterocycles. The number of aliphatic hydroxyl groups is 1. The van der Waals surface area contributed by atoms with Gasteiger partial charge in [0.2, 0.25) is 5.91 Å². The molecule has 1 saturated carbocycles. The highest BCUT2D eigenvalue weighted by molar-refractivity contribution is 5.76. The Morgan fingerprint density at radius 2 is 2.24 bits per heavy atom. The van der Waals surface area contributed by atoms with Crippen LogP contribution in [0.4, 0.5) is 0 Å². The van der Waals surface area contributed by atoms with Gasteiger partial charge in [0.05, 0.1) is 6.61 Å². The average molecular weight is 290 g/mol. The first kappa shape index (κ1) is 13.8. The van der Waals surface area contributed by atoms with Crippen molar-refractivity contribution in [2.75, 3.05) is 13.2 Å². The molecule has 0 unspecified atom stereocenters. The number of carbonyl (C=O) groups is 1. The van der Waals surface area contributed by atoms with E-state index in [4.69, 9.17) is 5.11 Å². The van der Waals surface area contributed by atoms with Crippen molar-refractivity contribution in [3.05, 3.63) is 34.9 Å². The van der Waals surface area contributed by atoms with Gasteiger partial charge in [0.15, 0.2) is 5.65 Å². The molecule has 7 heteroatoms. The van der Waals surface area contributed by atoms with E-state index in [0.29, 0.717) is 12.2 Å². The van der Waals surface area contributed by atoms with Crippen LogP contribution in [-0.2, 0) is 11.3 Å². The van der Waals surface area contributed by atoms with Crippen LogP contribution in [0.2, 0.25) is 0 Å². The minimum absolute atomic E-state index is 0.0672. The lowest BCUT2D eigenvalue weighted by Crippen LogP contribution is -2.47. The maximum atomic E-state index is 12.4. The fraction of sp³-hybridized carbons (Fsp3) is 0.500. The van der Waals surface area contributed by atoms with Crippen molar-refractivity contribution < 1.29 is 9.90 Å². The zero-order valence-electron chi connectivity index (χ0n) is 11.7. The largest absolute Gasteiger partial charge is 0.395 e. The van der Waals surface area contributed by atoms with Crippen LogP contribution in [0.3, 0.4) is 0 Å². The van der Waals surface area contributed by atoms with Crippen molar-refractivity contribution in [3.63, 3.8) is 0 Å². The molecule has 0 radical (unpaired) electrons. The molecule has 0 spiro atoms. The Labute approximate surface area is 121 Å². The van der Waals surface area contributed by atoms with Crippen LogP contribution >= 0.6 is 0 Å². The van der Waals surface area contributed by atoms with Gasteiger partial charge < -0.3 is 10.0 Å². The van der Waals surface area contributed by atoms with E-state index < -0.39 is 0 Å². The molecule has 1 aliphatic carbocycles. The zero-order chi connectivity index (χ0) is 14.8. The van der Waals surface area contributed by atoms with Gasteiger partial charge in [-0.25, -0.2) is 9.48 Å². The highest BCUT2D eigenvalue weighted by Crippen LogP contribution is 2.24. The van der Waals surface area contributed by atoms with E-state index in [2.05, 4.69) is 5.10 Å². The van der Waals surface area contributed by atoms with Gasteiger partial charge in [0.1, 0.15) is 6.54 Å². The van der Waals surface area contributed by atoms with Crippen LogP contribution in [0.1, 0.15) is 19.3 Å². The average Bonchev–Trinajstić information content (AvgIpc) is 2.73. The number of nitrogens with zero attached hydrogens (tertiary/aromatic N) is 4. The number of aliphatic hydroxyl groups excluding tert-OH is 1. The van der Waals surface area contributed by atoms with Crippen LogP contribution in [0.15, 0.2) is 29.2 Å². The molecule has 3 rings (SSSR count). The van der Waals surface area contributed by atoms with E-state index in [1.165, 1.54) is 9.08 Å². The lowest BCUT2D eigenvalue weighted by molar-refractivity contribution is -0.136. The summed E-state index contributed by atoms with van der Waals surface area (Å²) in [7, 11) is 0. The standard InChI is InChI=1S/C14H18N4O3/c19-9-8-16(11-4-3-5-11)13(20)10-18-14(21)17-7-2-1-6-12(17)15-18/h1-2,6-7,11,19H,3-5,8-10H2. The summed E-state index contributed by atoms with van der Waals surface area (Å²) < 4.78 is 2.59. The molecule has 1 N–H and O–H groups in total. The summed E-state index contributed by atoms with van der Waals surface area (Å²) in [6.45, 7) is 0.158. The lowest BCUT2D eigenvalue weighted by Gasteiger charge is -2.37. The molecule has 0 saturated heterocycles. The first-order chi connectivity index (χ1) is 10.2. The Balaban J connectivity index is 1.81. The fourth-order valence-electron chi connectivity index (χ4n) is 2.61. The van der Waals surface area contributed by atoms with E-state index in [1.54, 1.807) is 29.3 Å². The molecule has 2 aromatic heterocycles. The molecule has 2 aromatic rings. The predicted molar refractivity (Wildman–Crippen MR) is 75.9 cm³/mol. The second-order valence-electron chi connectivity index (χ2n) is 5.26. The number of rotatable bonds is 5. The summed E-state index contributed by atoms with van der Waals surface area (Å²) in [4.78, 5) is 26.2. The number of pyridine rings is 1. The number of carbonyl (C=O) groups excluding carboxylic acids is 1. The van der Waals surface area contributed by atoms with Gasteiger partial charge in [-0.05, 0) is 31.4 Å². The van der Waals surface area contributed by atoms with Crippen molar-refractivity contribution in [3.8, 4) is 0 Å². The molecular weight excluding hydrogens is 272 g/mol. The molecule has 1 aliphatic rings. The van der Waals surface area contributed by atoms with E-state index in [0.717, 1.165) is 19.3 Å². The molecular formula is C14H18N4O3. The van der Waals surface area contributed by atoms with Gasteiger partial charge in [-0.3, -0.25) is 9.20 Å². The van der Waals surface area contributed by atoms with Crippen molar-refractivity contribution >= 4 is 11.6 Å². The number of hydrogen-bond acceptors (Lipinski definition) is 4. The third kappa shape index (κ3) is 2.56. The number of amides is 1. The third-order valence-electron chi connectivity index (χ3n) is 3.95. The highest BCUT2D eigenvalue weighted by atomic mass is 16.3. The van der Waals surface area contributed by atoms with Crippen molar-refractivity contribution in [2.24, 2.45) is 0 Å². The minimum atomic E-state index is -0.323. The van der Waals surface area contributed by atoms with Crippen LogP contribution in [-0.4, -0.2) is 49.3 Å². The summed E-state index contributed by atoms with van der Waals surface area (Å²) in [5.41, 5.74) is 0.198. The van der Waals surface area contributed by atoms with Crippen LogP contribution < -0.4 is 5.69 Å². The molecule has 0 atom stereocenters. The molecule has 0 bridgehead atoms. The normalized spacial score (nSPS) is 15.1. The van der Waals surface area contributed by atoms with E-state index in [9.17, 15) is 9.59 Å². The predicted octanol–water partition coefficient (Wildman–Crippen LogP) is -0.131. The smallest absolute Gasteiger partial charge is 0.350 e. The third-order valence-corrected chi connectivity index (χ3v) is 3.95. The van der Waals surface area contributed by atoms with Crippen LogP contribution in [0.5, 0.6) is 0 Å². The number of hydrogen-bond donors (Lipinski definition) is 1. The molecule has 1 amide bonds. The molecule has 0 aromatic carbocycles. The Kier molecular flexibility index (Phi) is 3.74. The van der Waals surface area contributed by atoms with Crippen LogP contribution in [0.25, 0.3) is 5.65 Å². The zero-order valence-corrected chi connectivity index (χ0v) is 11.7. The van der Waals surface area contributed by atoms with Gasteiger partial charge in [-0.1, -0.05) is 6.07 Å². The first-order valence-corrected chi connectivity index (χ1v) is 7.15. The molecule has 1 fully saturated rings. The minimum Gasteiger partial charge on any atom is -0.395 e. The van der Waals surface area contributed by atoms with Crippen molar-refractivity contribution in [1.29, 1.82) is 0 Å². The Morgan fingerprint density at radius 1 is 1.43 bits per heavy atom. The Hall–Kier alpha value is -2.15. The summed E-state index contributed by atoms with van der Waals surface area (Å²) in [6, 6.07) is 5.45. The van der Waals surface area contributed by atoms with E-state index in [-0.39, 0.29) is 30.8 Å². The fourth-order valence-corrected chi connectivity index (χ4v) is 2.61. The van der Waals surface area contributed by atoms with Gasteiger partial charge in [-0.15, -0.1) is 5.10 Å². The SMILES string of the molecule is O=C(Cn1nc2ccccn2c1=O)N(CCO)C1CCC1. The summed E-state index contributed by atoms with van der Waals surface area (Å²) >= 11 is 0. The number of fused-ring (bicyclic) bond motifs is 1. The topological polar surface area (TPSA) is 79.8 Å². The van der Waals surface area contributed by atoms with Crippen LogP contribution in [0, 0.1) is 0 Å². The Morgan fingerprint density at radius 3 is 2.86 bits per heavy atom. The quantitative estimate of drug-likeness (QED) is 0.832.